The fourth-order valence-electron chi connectivity index (χ4n) is 2.79. The Bertz CT molecular complexity index is 1170. The summed E-state index contributed by atoms with van der Waals surface area (Å²) < 4.78 is 24.0. The molecule has 0 amide bonds. The highest BCUT2D eigenvalue weighted by Crippen LogP contribution is 2.26. The van der Waals surface area contributed by atoms with Crippen LogP contribution in [0.3, 0.4) is 0 Å². The minimum absolute atomic E-state index is 0.117. The van der Waals surface area contributed by atoms with E-state index in [2.05, 4.69) is 16.3 Å². The summed E-state index contributed by atoms with van der Waals surface area (Å²) in [7, 11) is 0. The molecule has 4 rings (SSSR count). The number of hydrogen-bond donors (Lipinski definition) is 0. The van der Waals surface area contributed by atoms with Crippen LogP contribution in [-0.4, -0.2) is 10.2 Å². The zero-order valence-corrected chi connectivity index (χ0v) is 16.6. The van der Waals surface area contributed by atoms with Crippen molar-refractivity contribution in [3.63, 3.8) is 0 Å². The van der Waals surface area contributed by atoms with Gasteiger partial charge in [-0.25, -0.2) is 4.39 Å². The van der Waals surface area contributed by atoms with Crippen LogP contribution in [0.15, 0.2) is 82.4 Å². The molecule has 0 N–H and O–H groups in total. The van der Waals surface area contributed by atoms with Crippen molar-refractivity contribution in [1.29, 1.82) is 5.26 Å². The molecule has 1 aromatic heterocycles. The first-order chi connectivity index (χ1) is 14.7. The highest BCUT2D eigenvalue weighted by atomic mass is 32.2. The van der Waals surface area contributed by atoms with Crippen molar-refractivity contribution in [3.8, 4) is 22.9 Å². The Labute approximate surface area is 177 Å². The second kappa shape index (κ2) is 9.25. The van der Waals surface area contributed by atoms with Crippen LogP contribution in [0, 0.1) is 17.1 Å². The van der Waals surface area contributed by atoms with E-state index in [1.165, 1.54) is 23.9 Å². The van der Waals surface area contributed by atoms with Crippen LogP contribution in [0.4, 0.5) is 4.39 Å². The minimum Gasteiger partial charge on any atom is -0.484 e. The van der Waals surface area contributed by atoms with Gasteiger partial charge < -0.3 is 9.15 Å². The van der Waals surface area contributed by atoms with Gasteiger partial charge in [-0.05, 0) is 47.0 Å². The van der Waals surface area contributed by atoms with E-state index in [1.54, 1.807) is 12.1 Å². The van der Waals surface area contributed by atoms with Gasteiger partial charge in [-0.2, -0.15) is 5.26 Å². The first kappa shape index (κ1) is 19.7. The molecule has 0 saturated heterocycles. The summed E-state index contributed by atoms with van der Waals surface area (Å²) in [5.41, 5.74) is 3.67. The molecule has 0 bridgehead atoms. The molecule has 0 radical (unpaired) electrons. The lowest BCUT2D eigenvalue weighted by molar-refractivity contribution is 0.252. The van der Waals surface area contributed by atoms with Gasteiger partial charge in [0, 0.05) is 5.75 Å². The summed E-state index contributed by atoms with van der Waals surface area (Å²) in [4.78, 5) is 0. The van der Waals surface area contributed by atoms with Crippen molar-refractivity contribution in [1.82, 2.24) is 10.2 Å². The predicted octanol–water partition coefficient (Wildman–Crippen LogP) is 5.62. The smallest absolute Gasteiger partial charge is 0.277 e. The molecule has 0 aliphatic heterocycles. The fraction of sp³-hybridized carbons (Fsp3) is 0.0870. The molecular formula is C23H16FN3O2S. The number of ether oxygens (including phenoxy) is 1. The van der Waals surface area contributed by atoms with Crippen LogP contribution in [0.25, 0.3) is 11.1 Å². The van der Waals surface area contributed by atoms with Crippen molar-refractivity contribution in [2.24, 2.45) is 0 Å². The molecule has 0 spiro atoms. The fourth-order valence-corrected chi connectivity index (χ4v) is 3.52. The summed E-state index contributed by atoms with van der Waals surface area (Å²) in [6, 6.07) is 23.5. The van der Waals surface area contributed by atoms with Crippen LogP contribution in [-0.2, 0) is 12.4 Å². The molecule has 148 valence electrons. The third-order valence-electron chi connectivity index (χ3n) is 4.30. The van der Waals surface area contributed by atoms with Gasteiger partial charge in [-0.1, -0.05) is 54.2 Å². The lowest BCUT2D eigenvalue weighted by Gasteiger charge is -2.05. The van der Waals surface area contributed by atoms with Gasteiger partial charge in [-0.15, -0.1) is 10.2 Å². The molecule has 30 heavy (non-hydrogen) atoms. The normalized spacial score (nSPS) is 10.5. The van der Waals surface area contributed by atoms with E-state index in [0.717, 1.165) is 16.7 Å². The van der Waals surface area contributed by atoms with Crippen LogP contribution in [0.5, 0.6) is 5.75 Å². The minimum atomic E-state index is -0.318. The molecule has 0 unspecified atom stereocenters. The van der Waals surface area contributed by atoms with Crippen LogP contribution in [0.2, 0.25) is 0 Å². The van der Waals surface area contributed by atoms with Crippen molar-refractivity contribution in [3.05, 3.63) is 95.6 Å². The maximum Gasteiger partial charge on any atom is 0.277 e. The zero-order valence-electron chi connectivity index (χ0n) is 15.8. The third kappa shape index (κ3) is 4.85. The molecule has 0 atom stereocenters. The summed E-state index contributed by atoms with van der Waals surface area (Å²) in [6.45, 7) is 0.117. The van der Waals surface area contributed by atoms with Crippen molar-refractivity contribution in [2.45, 2.75) is 17.6 Å². The number of benzene rings is 3. The van der Waals surface area contributed by atoms with Gasteiger partial charge >= 0.3 is 0 Å². The summed E-state index contributed by atoms with van der Waals surface area (Å²) in [5.74, 6) is 1.23. The van der Waals surface area contributed by atoms with Crippen molar-refractivity contribution < 1.29 is 13.5 Å². The Morgan fingerprint density at radius 3 is 2.50 bits per heavy atom. The first-order valence-electron chi connectivity index (χ1n) is 9.13. The van der Waals surface area contributed by atoms with Crippen LogP contribution < -0.4 is 4.74 Å². The number of nitriles is 1. The number of thioether (sulfide) groups is 1. The van der Waals surface area contributed by atoms with Crippen molar-refractivity contribution >= 4 is 11.8 Å². The van der Waals surface area contributed by atoms with Crippen LogP contribution >= 0.6 is 11.8 Å². The monoisotopic (exact) mass is 417 g/mol. The van der Waals surface area contributed by atoms with E-state index in [4.69, 9.17) is 9.15 Å². The average molecular weight is 417 g/mol. The Kier molecular flexibility index (Phi) is 6.06. The number of halogens is 1. The summed E-state index contributed by atoms with van der Waals surface area (Å²) in [5, 5.41) is 17.7. The zero-order chi connectivity index (χ0) is 20.8. The van der Waals surface area contributed by atoms with E-state index in [-0.39, 0.29) is 12.4 Å². The molecule has 3 aromatic carbocycles. The second-order valence-electron chi connectivity index (χ2n) is 6.35. The second-order valence-corrected chi connectivity index (χ2v) is 7.27. The lowest BCUT2D eigenvalue weighted by Crippen LogP contribution is -1.95. The van der Waals surface area contributed by atoms with E-state index < -0.39 is 0 Å². The average Bonchev–Trinajstić information content (AvgIpc) is 3.25. The lowest BCUT2D eigenvalue weighted by atomic mass is 10.00. The Hall–Kier alpha value is -3.63. The highest BCUT2D eigenvalue weighted by Gasteiger charge is 2.09. The molecule has 1 heterocycles. The largest absolute Gasteiger partial charge is 0.484 e. The summed E-state index contributed by atoms with van der Waals surface area (Å²) in [6.07, 6.45) is 0. The van der Waals surface area contributed by atoms with Crippen molar-refractivity contribution in [2.75, 3.05) is 0 Å². The van der Waals surface area contributed by atoms with Gasteiger partial charge in [0.05, 0.1) is 11.6 Å². The van der Waals surface area contributed by atoms with Gasteiger partial charge in [0.2, 0.25) is 0 Å². The maximum absolute atomic E-state index is 12.9. The number of hydrogen-bond acceptors (Lipinski definition) is 6. The number of aromatic nitrogens is 2. The first-order valence-corrected chi connectivity index (χ1v) is 10.1. The van der Waals surface area contributed by atoms with Gasteiger partial charge in [-0.3, -0.25) is 0 Å². The molecule has 4 aromatic rings. The standard InChI is InChI=1S/C23H16FN3O2S/c24-19-9-11-20(12-10-19)28-14-22-26-27-23(29-22)30-15-16-5-7-17(8-6-16)21-4-2-1-3-18(21)13-25/h1-12H,14-15H2. The molecule has 0 aliphatic carbocycles. The topological polar surface area (TPSA) is 71.9 Å². The molecule has 5 nitrogen and oxygen atoms in total. The van der Waals surface area contributed by atoms with E-state index >= 15 is 0 Å². The van der Waals surface area contributed by atoms with E-state index in [9.17, 15) is 9.65 Å². The van der Waals surface area contributed by atoms with Crippen LogP contribution in [0.1, 0.15) is 17.0 Å². The Morgan fingerprint density at radius 1 is 0.967 bits per heavy atom. The maximum atomic E-state index is 12.9. The Balaban J connectivity index is 1.33. The quantitative estimate of drug-likeness (QED) is 0.364. The molecule has 7 heteroatoms. The molecule has 0 saturated carbocycles. The highest BCUT2D eigenvalue weighted by molar-refractivity contribution is 7.98. The van der Waals surface area contributed by atoms with E-state index in [1.807, 2.05) is 48.5 Å². The predicted molar refractivity (Wildman–Crippen MR) is 111 cm³/mol. The molecular weight excluding hydrogens is 401 g/mol. The molecule has 0 aliphatic rings. The third-order valence-corrected chi connectivity index (χ3v) is 5.19. The SMILES string of the molecule is N#Cc1ccccc1-c1ccc(CSc2nnc(COc3ccc(F)cc3)o2)cc1. The number of nitrogens with zero attached hydrogens (tertiary/aromatic N) is 3. The molecule has 0 fully saturated rings. The Morgan fingerprint density at radius 2 is 1.73 bits per heavy atom. The number of rotatable bonds is 7. The van der Waals surface area contributed by atoms with Gasteiger partial charge in [0.25, 0.3) is 11.1 Å². The van der Waals surface area contributed by atoms with E-state index in [0.29, 0.717) is 28.2 Å². The van der Waals surface area contributed by atoms with Gasteiger partial charge in [0.15, 0.2) is 6.61 Å². The summed E-state index contributed by atoms with van der Waals surface area (Å²) >= 11 is 1.43. The van der Waals surface area contributed by atoms with Gasteiger partial charge in [0.1, 0.15) is 11.6 Å².